The van der Waals surface area contributed by atoms with Crippen LogP contribution in [-0.4, -0.2) is 44.8 Å². The van der Waals surface area contributed by atoms with Crippen LogP contribution in [0.5, 0.6) is 0 Å². The smallest absolute Gasteiger partial charge is 0.311 e. The van der Waals surface area contributed by atoms with Crippen molar-refractivity contribution in [2.24, 2.45) is 18.4 Å². The number of aliphatic carboxylic acids is 1. The summed E-state index contributed by atoms with van der Waals surface area (Å²) in [5.41, 5.74) is -0.334. The van der Waals surface area contributed by atoms with Crippen LogP contribution >= 0.6 is 0 Å². The molecular formula is C13H19N3O3. The van der Waals surface area contributed by atoms with Crippen LogP contribution in [0.4, 0.5) is 0 Å². The van der Waals surface area contributed by atoms with Crippen molar-refractivity contribution in [3.05, 3.63) is 18.0 Å². The number of hydrogen-bond donors (Lipinski definition) is 1. The number of aryl methyl sites for hydroxylation is 1. The maximum atomic E-state index is 12.3. The third-order valence-electron chi connectivity index (χ3n) is 4.16. The molecule has 1 aromatic heterocycles. The molecule has 0 aromatic carbocycles. The second-order valence-corrected chi connectivity index (χ2v) is 5.43. The number of likely N-dealkylation sites (tertiary alicyclic amines) is 1. The van der Waals surface area contributed by atoms with Crippen LogP contribution in [0, 0.1) is 11.3 Å². The number of hydrogen-bond acceptors (Lipinski definition) is 3. The fourth-order valence-corrected chi connectivity index (χ4v) is 2.64. The van der Waals surface area contributed by atoms with Crippen LogP contribution in [0.3, 0.4) is 0 Å². The zero-order valence-corrected chi connectivity index (χ0v) is 11.5. The summed E-state index contributed by atoms with van der Waals surface area (Å²) >= 11 is 0. The van der Waals surface area contributed by atoms with Gasteiger partial charge in [0.15, 0.2) is 0 Å². The zero-order chi connectivity index (χ0) is 14.2. The summed E-state index contributed by atoms with van der Waals surface area (Å²) in [7, 11) is 1.70. The Kier molecular flexibility index (Phi) is 3.34. The number of rotatable bonds is 3. The van der Waals surface area contributed by atoms with E-state index in [0.29, 0.717) is 18.7 Å². The van der Waals surface area contributed by atoms with Crippen molar-refractivity contribution in [3.63, 3.8) is 0 Å². The first-order valence-corrected chi connectivity index (χ1v) is 6.39. The van der Waals surface area contributed by atoms with Crippen LogP contribution in [0.15, 0.2) is 12.3 Å². The second-order valence-electron chi connectivity index (χ2n) is 5.43. The molecule has 1 atom stereocenters. The lowest BCUT2D eigenvalue weighted by Crippen LogP contribution is -2.40. The Morgan fingerprint density at radius 3 is 2.58 bits per heavy atom. The van der Waals surface area contributed by atoms with Gasteiger partial charge in [-0.2, -0.15) is 5.10 Å². The van der Waals surface area contributed by atoms with E-state index in [1.165, 1.54) is 4.68 Å². The van der Waals surface area contributed by atoms with E-state index < -0.39 is 11.4 Å². The van der Waals surface area contributed by atoms with E-state index in [2.05, 4.69) is 5.10 Å². The first-order valence-electron chi connectivity index (χ1n) is 6.39. The predicted octanol–water partition coefficient (Wildman–Crippen LogP) is 0.993. The molecule has 0 bridgehead atoms. The van der Waals surface area contributed by atoms with Crippen molar-refractivity contribution >= 4 is 11.9 Å². The quantitative estimate of drug-likeness (QED) is 0.884. The number of aromatic nitrogens is 2. The molecule has 1 fully saturated rings. The van der Waals surface area contributed by atoms with Crippen LogP contribution in [0.2, 0.25) is 0 Å². The van der Waals surface area contributed by atoms with Gasteiger partial charge in [0.25, 0.3) is 5.91 Å². The van der Waals surface area contributed by atoms with Crippen molar-refractivity contribution in [1.82, 2.24) is 14.7 Å². The Labute approximate surface area is 112 Å². The van der Waals surface area contributed by atoms with Gasteiger partial charge in [-0.25, -0.2) is 0 Å². The molecular weight excluding hydrogens is 246 g/mol. The lowest BCUT2D eigenvalue weighted by molar-refractivity contribution is -0.150. The molecule has 0 aliphatic carbocycles. The summed E-state index contributed by atoms with van der Waals surface area (Å²) in [6.45, 7) is 4.54. The maximum absolute atomic E-state index is 12.3. The minimum Gasteiger partial charge on any atom is -0.481 e. The van der Waals surface area contributed by atoms with E-state index in [0.717, 1.165) is 0 Å². The fourth-order valence-electron chi connectivity index (χ4n) is 2.64. The Morgan fingerprint density at radius 1 is 1.47 bits per heavy atom. The molecule has 6 nitrogen and oxygen atoms in total. The van der Waals surface area contributed by atoms with Crippen molar-refractivity contribution in [1.29, 1.82) is 0 Å². The highest BCUT2D eigenvalue weighted by Gasteiger charge is 2.48. The Morgan fingerprint density at radius 2 is 2.16 bits per heavy atom. The summed E-state index contributed by atoms with van der Waals surface area (Å²) in [6, 6.07) is 1.65. The number of amides is 1. The van der Waals surface area contributed by atoms with E-state index in [1.54, 1.807) is 24.2 Å². The largest absolute Gasteiger partial charge is 0.481 e. The van der Waals surface area contributed by atoms with Crippen LogP contribution < -0.4 is 0 Å². The van der Waals surface area contributed by atoms with Crippen molar-refractivity contribution in [2.45, 2.75) is 20.3 Å². The number of nitrogens with zero attached hydrogens (tertiary/aromatic N) is 3. The normalized spacial score (nSPS) is 23.1. The maximum Gasteiger partial charge on any atom is 0.311 e. The van der Waals surface area contributed by atoms with Crippen molar-refractivity contribution in [2.75, 3.05) is 13.1 Å². The molecule has 0 spiro atoms. The lowest BCUT2D eigenvalue weighted by atomic mass is 9.76. The molecule has 0 radical (unpaired) electrons. The third-order valence-corrected chi connectivity index (χ3v) is 4.16. The van der Waals surface area contributed by atoms with Gasteiger partial charge in [0.05, 0.1) is 5.41 Å². The highest BCUT2D eigenvalue weighted by Crippen LogP contribution is 2.38. The van der Waals surface area contributed by atoms with Gasteiger partial charge in [-0.3, -0.25) is 14.3 Å². The van der Waals surface area contributed by atoms with Crippen LogP contribution in [0.25, 0.3) is 0 Å². The van der Waals surface area contributed by atoms with Crippen LogP contribution in [0.1, 0.15) is 30.8 Å². The summed E-state index contributed by atoms with van der Waals surface area (Å²) in [5.74, 6) is -0.971. The summed E-state index contributed by atoms with van der Waals surface area (Å²) in [6.07, 6.45) is 2.07. The average molecular weight is 265 g/mol. The van der Waals surface area contributed by atoms with Gasteiger partial charge in [0.1, 0.15) is 5.69 Å². The second kappa shape index (κ2) is 4.68. The van der Waals surface area contributed by atoms with E-state index in [4.69, 9.17) is 0 Å². The van der Waals surface area contributed by atoms with Gasteiger partial charge < -0.3 is 10.0 Å². The van der Waals surface area contributed by atoms with Gasteiger partial charge >= 0.3 is 5.97 Å². The van der Waals surface area contributed by atoms with E-state index in [9.17, 15) is 14.7 Å². The minimum atomic E-state index is -0.825. The fraction of sp³-hybridized carbons (Fsp3) is 0.615. The van der Waals surface area contributed by atoms with E-state index in [-0.39, 0.29) is 18.4 Å². The van der Waals surface area contributed by atoms with Crippen molar-refractivity contribution < 1.29 is 14.7 Å². The summed E-state index contributed by atoms with van der Waals surface area (Å²) in [5, 5.41) is 13.4. The van der Waals surface area contributed by atoms with Gasteiger partial charge in [-0.1, -0.05) is 13.8 Å². The Balaban J connectivity index is 2.20. The Bertz CT molecular complexity index is 509. The Hall–Kier alpha value is -1.85. The molecule has 1 aromatic rings. The molecule has 0 saturated carbocycles. The highest BCUT2D eigenvalue weighted by atomic mass is 16.4. The van der Waals surface area contributed by atoms with E-state index in [1.807, 2.05) is 13.8 Å². The lowest BCUT2D eigenvalue weighted by Gasteiger charge is -2.28. The van der Waals surface area contributed by atoms with E-state index >= 15 is 0 Å². The van der Waals surface area contributed by atoms with Gasteiger partial charge in [-0.05, 0) is 18.4 Å². The predicted molar refractivity (Wildman–Crippen MR) is 68.6 cm³/mol. The number of carbonyl (C=O) groups excluding carboxylic acids is 1. The number of carbonyl (C=O) groups is 2. The minimum absolute atomic E-state index is 0.00524. The molecule has 1 aliphatic rings. The van der Waals surface area contributed by atoms with Gasteiger partial charge in [-0.15, -0.1) is 0 Å². The highest BCUT2D eigenvalue weighted by molar-refractivity contribution is 5.93. The summed E-state index contributed by atoms with van der Waals surface area (Å²) < 4.78 is 1.51. The molecule has 2 rings (SSSR count). The SMILES string of the molecule is CC(C)C1(C(=O)O)CCN(C(=O)c2ccnn2C)C1. The van der Waals surface area contributed by atoms with Crippen LogP contribution in [-0.2, 0) is 11.8 Å². The molecule has 104 valence electrons. The average Bonchev–Trinajstić information content (AvgIpc) is 2.94. The number of carboxylic acids is 1. The number of carboxylic acid groups (broad SMARTS) is 1. The molecule has 1 N–H and O–H groups in total. The van der Waals surface area contributed by atoms with Gasteiger partial charge in [0.2, 0.25) is 0 Å². The zero-order valence-electron chi connectivity index (χ0n) is 11.5. The van der Waals surface area contributed by atoms with Crippen molar-refractivity contribution in [3.8, 4) is 0 Å². The molecule has 19 heavy (non-hydrogen) atoms. The molecule has 1 unspecified atom stereocenters. The molecule has 2 heterocycles. The topological polar surface area (TPSA) is 75.4 Å². The first kappa shape index (κ1) is 13.6. The first-order chi connectivity index (χ1) is 8.88. The molecule has 1 aliphatic heterocycles. The standard InChI is InChI=1S/C13H19N3O3/c1-9(2)13(12(18)19)5-7-16(8-13)11(17)10-4-6-14-15(10)3/h4,6,9H,5,7-8H2,1-3H3,(H,18,19). The molecule has 1 amide bonds. The monoisotopic (exact) mass is 265 g/mol. The third kappa shape index (κ3) is 2.11. The molecule has 6 heteroatoms. The molecule has 1 saturated heterocycles. The van der Waals surface area contributed by atoms with Gasteiger partial charge in [0, 0.05) is 26.3 Å². The summed E-state index contributed by atoms with van der Waals surface area (Å²) in [4.78, 5) is 25.5.